The molecule has 0 aliphatic rings. The Hall–Kier alpha value is -0.870. The van der Waals surface area contributed by atoms with Crippen LogP contribution in [0, 0.1) is 0 Å². The van der Waals surface area contributed by atoms with Crippen LogP contribution in [-0.4, -0.2) is 11.7 Å². The first-order valence-electron chi connectivity index (χ1n) is 6.04. The van der Waals surface area contributed by atoms with Crippen LogP contribution in [0.4, 0.5) is 0 Å². The van der Waals surface area contributed by atoms with Gasteiger partial charge in [-0.05, 0) is 23.3 Å². The second-order valence-corrected chi connectivity index (χ2v) is 5.59. The lowest BCUT2D eigenvalue weighted by Gasteiger charge is -2.17. The smallest absolute Gasteiger partial charge is 0.0626 e. The van der Waals surface area contributed by atoms with E-state index in [1.165, 1.54) is 0 Å². The average molecular weight is 341 g/mol. The lowest BCUT2D eigenvalue weighted by Crippen LogP contribution is -2.24. The number of halogens is 2. The fraction of sp³-hybridized carbons (Fsp3) is 0.200. The summed E-state index contributed by atoms with van der Waals surface area (Å²) >= 11 is 9.55. The molecule has 0 radical (unpaired) electrons. The molecule has 2 rings (SSSR count). The van der Waals surface area contributed by atoms with Gasteiger partial charge in [-0.1, -0.05) is 63.9 Å². The van der Waals surface area contributed by atoms with Crippen LogP contribution >= 0.6 is 27.5 Å². The van der Waals surface area contributed by atoms with E-state index in [2.05, 4.69) is 21.2 Å². The van der Waals surface area contributed by atoms with Crippen molar-refractivity contribution < 1.29 is 5.11 Å². The molecule has 2 aromatic rings. The number of aliphatic hydroxyl groups is 1. The Bertz CT molecular complexity index is 533. The minimum absolute atomic E-state index is 0.0537. The van der Waals surface area contributed by atoms with E-state index in [4.69, 9.17) is 11.6 Å². The maximum Gasteiger partial charge on any atom is 0.0626 e. The van der Waals surface area contributed by atoms with Crippen molar-refractivity contribution in [2.24, 2.45) is 0 Å². The molecule has 0 bridgehead atoms. The number of benzene rings is 2. The Morgan fingerprint density at radius 1 is 1.16 bits per heavy atom. The summed E-state index contributed by atoms with van der Waals surface area (Å²) in [5, 5.41) is 13.5. The van der Waals surface area contributed by atoms with Crippen LogP contribution in [0.5, 0.6) is 0 Å². The van der Waals surface area contributed by atoms with E-state index in [1.807, 2.05) is 48.5 Å². The SMILES string of the molecule is OCC(NCc1ccc(Br)cc1Cl)c1ccccc1. The van der Waals surface area contributed by atoms with Gasteiger partial charge in [0.25, 0.3) is 0 Å². The molecule has 0 saturated heterocycles. The van der Waals surface area contributed by atoms with E-state index in [0.717, 1.165) is 15.6 Å². The molecular formula is C15H15BrClNO. The third-order valence-corrected chi connectivity index (χ3v) is 3.78. The molecule has 0 heterocycles. The second-order valence-electron chi connectivity index (χ2n) is 4.26. The number of nitrogens with one attached hydrogen (secondary N) is 1. The van der Waals surface area contributed by atoms with E-state index in [-0.39, 0.29) is 12.6 Å². The number of hydrogen-bond acceptors (Lipinski definition) is 2. The fourth-order valence-electron chi connectivity index (χ4n) is 1.87. The van der Waals surface area contributed by atoms with Crippen LogP contribution in [0.15, 0.2) is 53.0 Å². The van der Waals surface area contributed by atoms with E-state index in [1.54, 1.807) is 0 Å². The Balaban J connectivity index is 2.04. The largest absolute Gasteiger partial charge is 0.394 e. The summed E-state index contributed by atoms with van der Waals surface area (Å²) in [6.45, 7) is 0.671. The van der Waals surface area contributed by atoms with Crippen molar-refractivity contribution in [3.05, 3.63) is 69.2 Å². The van der Waals surface area contributed by atoms with Crippen molar-refractivity contribution in [1.29, 1.82) is 0 Å². The molecule has 2 N–H and O–H groups in total. The van der Waals surface area contributed by atoms with Crippen LogP contribution in [0.2, 0.25) is 5.02 Å². The molecule has 0 aliphatic heterocycles. The van der Waals surface area contributed by atoms with Crippen molar-refractivity contribution in [1.82, 2.24) is 5.32 Å². The highest BCUT2D eigenvalue weighted by Crippen LogP contribution is 2.22. The van der Waals surface area contributed by atoms with Crippen molar-refractivity contribution in [3.63, 3.8) is 0 Å². The second kappa shape index (κ2) is 7.06. The van der Waals surface area contributed by atoms with Crippen LogP contribution < -0.4 is 5.32 Å². The summed E-state index contributed by atoms with van der Waals surface area (Å²) in [6.07, 6.45) is 0. The Morgan fingerprint density at radius 3 is 2.53 bits per heavy atom. The van der Waals surface area contributed by atoms with Gasteiger partial charge in [0.1, 0.15) is 0 Å². The Morgan fingerprint density at radius 2 is 1.89 bits per heavy atom. The Kier molecular flexibility index (Phi) is 5.40. The van der Waals surface area contributed by atoms with Gasteiger partial charge in [-0.2, -0.15) is 0 Å². The maximum atomic E-state index is 9.47. The van der Waals surface area contributed by atoms with Crippen molar-refractivity contribution >= 4 is 27.5 Å². The fourth-order valence-corrected chi connectivity index (χ4v) is 2.61. The third kappa shape index (κ3) is 4.05. The summed E-state index contributed by atoms with van der Waals surface area (Å²) in [6, 6.07) is 15.6. The van der Waals surface area contributed by atoms with Gasteiger partial charge >= 0.3 is 0 Å². The van der Waals surface area contributed by atoms with E-state index < -0.39 is 0 Å². The third-order valence-electron chi connectivity index (χ3n) is 2.94. The van der Waals surface area contributed by atoms with Crippen molar-refractivity contribution in [3.8, 4) is 0 Å². The molecule has 1 atom stereocenters. The van der Waals surface area contributed by atoms with Gasteiger partial charge in [0.2, 0.25) is 0 Å². The first-order chi connectivity index (χ1) is 9.20. The molecule has 4 heteroatoms. The summed E-state index contributed by atoms with van der Waals surface area (Å²) in [5.41, 5.74) is 2.08. The van der Waals surface area contributed by atoms with Gasteiger partial charge in [-0.25, -0.2) is 0 Å². The molecule has 100 valence electrons. The topological polar surface area (TPSA) is 32.3 Å². The molecule has 0 spiro atoms. The molecule has 0 aliphatic carbocycles. The lowest BCUT2D eigenvalue weighted by molar-refractivity contribution is 0.243. The van der Waals surface area contributed by atoms with E-state index in [9.17, 15) is 5.11 Å². The van der Waals surface area contributed by atoms with Crippen LogP contribution in [0.3, 0.4) is 0 Å². The zero-order valence-electron chi connectivity index (χ0n) is 10.3. The summed E-state index contributed by atoms with van der Waals surface area (Å²) < 4.78 is 0.961. The van der Waals surface area contributed by atoms with Gasteiger partial charge in [-0.3, -0.25) is 0 Å². The van der Waals surface area contributed by atoms with Crippen molar-refractivity contribution in [2.75, 3.05) is 6.61 Å². The summed E-state index contributed by atoms with van der Waals surface area (Å²) in [4.78, 5) is 0. The monoisotopic (exact) mass is 339 g/mol. The molecular weight excluding hydrogens is 326 g/mol. The van der Waals surface area contributed by atoms with Gasteiger partial charge in [0, 0.05) is 16.0 Å². The molecule has 2 aromatic carbocycles. The minimum Gasteiger partial charge on any atom is -0.394 e. The van der Waals surface area contributed by atoms with Gasteiger partial charge in [-0.15, -0.1) is 0 Å². The van der Waals surface area contributed by atoms with Crippen LogP contribution in [0.25, 0.3) is 0 Å². The minimum atomic E-state index is -0.0825. The molecule has 1 unspecified atom stereocenters. The molecule has 19 heavy (non-hydrogen) atoms. The maximum absolute atomic E-state index is 9.47. The molecule has 0 saturated carbocycles. The molecule has 0 aromatic heterocycles. The molecule has 2 nitrogen and oxygen atoms in total. The molecule has 0 fully saturated rings. The highest BCUT2D eigenvalue weighted by molar-refractivity contribution is 9.10. The Labute approximate surface area is 126 Å². The van der Waals surface area contributed by atoms with Gasteiger partial charge in [0.05, 0.1) is 12.6 Å². The normalized spacial score (nSPS) is 12.4. The zero-order valence-corrected chi connectivity index (χ0v) is 12.7. The highest BCUT2D eigenvalue weighted by atomic mass is 79.9. The predicted molar refractivity (Wildman–Crippen MR) is 82.3 cm³/mol. The first kappa shape index (κ1) is 14.5. The first-order valence-corrected chi connectivity index (χ1v) is 7.21. The van der Waals surface area contributed by atoms with E-state index in [0.29, 0.717) is 11.6 Å². The van der Waals surface area contributed by atoms with E-state index >= 15 is 0 Å². The average Bonchev–Trinajstić information content (AvgIpc) is 2.43. The number of aliphatic hydroxyl groups excluding tert-OH is 1. The number of rotatable bonds is 5. The lowest BCUT2D eigenvalue weighted by atomic mass is 10.1. The summed E-state index contributed by atoms with van der Waals surface area (Å²) in [5.74, 6) is 0. The standard InChI is InChI=1S/C15H15BrClNO/c16-13-7-6-12(14(17)8-13)9-18-15(10-19)11-4-2-1-3-5-11/h1-8,15,18-19H,9-10H2. The highest BCUT2D eigenvalue weighted by Gasteiger charge is 2.10. The number of hydrogen-bond donors (Lipinski definition) is 2. The summed E-state index contributed by atoms with van der Waals surface area (Å²) in [7, 11) is 0. The quantitative estimate of drug-likeness (QED) is 0.864. The molecule has 0 amide bonds. The van der Waals surface area contributed by atoms with Gasteiger partial charge in [0.15, 0.2) is 0 Å². The van der Waals surface area contributed by atoms with Crippen molar-refractivity contribution in [2.45, 2.75) is 12.6 Å². The van der Waals surface area contributed by atoms with Crippen LogP contribution in [-0.2, 0) is 6.54 Å². The zero-order chi connectivity index (χ0) is 13.7. The predicted octanol–water partition coefficient (Wildman–Crippen LogP) is 3.93. The van der Waals surface area contributed by atoms with Gasteiger partial charge < -0.3 is 10.4 Å². The van der Waals surface area contributed by atoms with Crippen LogP contribution in [0.1, 0.15) is 17.2 Å².